The maximum absolute atomic E-state index is 10.6. The molecule has 34 heavy (non-hydrogen) atoms. The zero-order valence-electron chi connectivity index (χ0n) is 20.1. The minimum Gasteiger partial charge on any atom is -0.493 e. The number of ether oxygens (including phenoxy) is 1. The Bertz CT molecular complexity index is 1010. The summed E-state index contributed by atoms with van der Waals surface area (Å²) in [6, 6.07) is 19.5. The highest BCUT2D eigenvalue weighted by Gasteiger charge is 2.09. The molecule has 0 radical (unpaired) electrons. The van der Waals surface area contributed by atoms with E-state index in [9.17, 15) is 4.57 Å². The molecule has 1 unspecified atom stereocenters. The van der Waals surface area contributed by atoms with Crippen LogP contribution in [-0.2, 0) is 28.5 Å². The van der Waals surface area contributed by atoms with Crippen LogP contribution in [0.2, 0.25) is 0 Å². The fourth-order valence-corrected chi connectivity index (χ4v) is 4.86. The van der Waals surface area contributed by atoms with Gasteiger partial charge in [-0.1, -0.05) is 50.2 Å². The van der Waals surface area contributed by atoms with Gasteiger partial charge in [-0.3, -0.25) is 4.57 Å². The number of aryl methyl sites for hydroxylation is 1. The number of benzene rings is 2. The van der Waals surface area contributed by atoms with Crippen molar-refractivity contribution in [3.05, 3.63) is 76.7 Å². The van der Waals surface area contributed by atoms with Crippen LogP contribution in [0.15, 0.2) is 60.0 Å². The largest absolute Gasteiger partial charge is 0.493 e. The standard InChI is InChI=1S/C27H36NO4PS/c1-21(2)18-23-10-8-22(9-11-23)6-3-15-31-26-13-12-24(19-25(26)27-7-4-17-34-27)20-28-14-5-16-32-33(29)30/h4,7-13,17,19,21,28,33H,3,5-6,14-16,18,20H2,1-2H3,(H,29,30). The SMILES string of the molecule is CC(C)Cc1ccc(CCCOc2ccc(CNCCCO[PH](=O)O)cc2-c2cccs2)cc1. The van der Waals surface area contributed by atoms with Gasteiger partial charge in [-0.2, -0.15) is 0 Å². The van der Waals surface area contributed by atoms with Gasteiger partial charge >= 0.3 is 8.25 Å². The van der Waals surface area contributed by atoms with Crippen LogP contribution in [0.5, 0.6) is 5.75 Å². The predicted molar refractivity (Wildman–Crippen MR) is 142 cm³/mol. The Kier molecular flexibility index (Phi) is 11.3. The fraction of sp³-hybridized carbons (Fsp3) is 0.407. The molecule has 0 aliphatic heterocycles. The molecule has 1 heterocycles. The summed E-state index contributed by atoms with van der Waals surface area (Å²) >= 11 is 1.71. The zero-order chi connectivity index (χ0) is 24.2. The van der Waals surface area contributed by atoms with E-state index < -0.39 is 8.25 Å². The molecule has 5 nitrogen and oxygen atoms in total. The van der Waals surface area contributed by atoms with Crippen molar-refractivity contribution in [1.82, 2.24) is 5.32 Å². The van der Waals surface area contributed by atoms with E-state index in [0.717, 1.165) is 43.7 Å². The van der Waals surface area contributed by atoms with Crippen molar-refractivity contribution in [3.8, 4) is 16.2 Å². The van der Waals surface area contributed by atoms with Gasteiger partial charge < -0.3 is 19.5 Å². The van der Waals surface area contributed by atoms with Gasteiger partial charge in [0, 0.05) is 17.0 Å². The summed E-state index contributed by atoms with van der Waals surface area (Å²) in [4.78, 5) is 9.89. The van der Waals surface area contributed by atoms with Crippen molar-refractivity contribution >= 4 is 19.6 Å². The Labute approximate surface area is 208 Å². The van der Waals surface area contributed by atoms with Crippen LogP contribution < -0.4 is 10.1 Å². The minimum atomic E-state index is -2.83. The van der Waals surface area contributed by atoms with Crippen LogP contribution in [0.25, 0.3) is 10.4 Å². The van der Waals surface area contributed by atoms with E-state index in [2.05, 4.69) is 79.1 Å². The van der Waals surface area contributed by atoms with Crippen LogP contribution in [0.1, 0.15) is 43.4 Å². The summed E-state index contributed by atoms with van der Waals surface area (Å²) in [5, 5.41) is 5.45. The van der Waals surface area contributed by atoms with Gasteiger partial charge in [0.25, 0.3) is 0 Å². The zero-order valence-corrected chi connectivity index (χ0v) is 21.9. The van der Waals surface area contributed by atoms with Gasteiger partial charge in [0.1, 0.15) is 5.75 Å². The molecule has 0 bridgehead atoms. The molecule has 3 aromatic rings. The van der Waals surface area contributed by atoms with Crippen LogP contribution in [0.4, 0.5) is 0 Å². The lowest BCUT2D eigenvalue weighted by atomic mass is 10.0. The highest BCUT2D eigenvalue weighted by Crippen LogP contribution is 2.34. The van der Waals surface area contributed by atoms with Gasteiger partial charge in [-0.25, -0.2) is 0 Å². The topological polar surface area (TPSA) is 67.8 Å². The molecule has 1 aromatic heterocycles. The van der Waals surface area contributed by atoms with Crippen molar-refractivity contribution in [1.29, 1.82) is 0 Å². The second kappa shape index (κ2) is 14.4. The van der Waals surface area contributed by atoms with Crippen LogP contribution in [0, 0.1) is 5.92 Å². The third-order valence-corrected chi connectivity index (χ3v) is 6.77. The molecule has 0 saturated carbocycles. The first kappa shape index (κ1) is 26.7. The predicted octanol–water partition coefficient (Wildman–Crippen LogP) is 6.50. The molecule has 0 spiro atoms. The number of thiophene rings is 1. The van der Waals surface area contributed by atoms with Crippen molar-refractivity contribution in [3.63, 3.8) is 0 Å². The molecule has 7 heteroatoms. The third-order valence-electron chi connectivity index (χ3n) is 5.42. The molecule has 0 amide bonds. The molecule has 0 fully saturated rings. The normalized spacial score (nSPS) is 12.2. The summed E-state index contributed by atoms with van der Waals surface area (Å²) in [6.45, 7) is 6.91. The molecule has 184 valence electrons. The summed E-state index contributed by atoms with van der Waals surface area (Å²) < 4.78 is 21.5. The number of rotatable bonds is 15. The van der Waals surface area contributed by atoms with Crippen molar-refractivity contribution < 1.29 is 18.7 Å². The maximum Gasteiger partial charge on any atom is 0.316 e. The molecule has 0 aliphatic rings. The Morgan fingerprint density at radius 3 is 2.47 bits per heavy atom. The second-order valence-electron chi connectivity index (χ2n) is 8.82. The molecular formula is C27H36NO4PS. The average molecular weight is 502 g/mol. The summed E-state index contributed by atoms with van der Waals surface area (Å²) in [6.07, 6.45) is 3.80. The minimum absolute atomic E-state index is 0.288. The molecule has 2 N–H and O–H groups in total. The lowest BCUT2D eigenvalue weighted by Crippen LogP contribution is -2.16. The van der Waals surface area contributed by atoms with Crippen LogP contribution in [0.3, 0.4) is 0 Å². The van der Waals surface area contributed by atoms with Gasteiger partial charge in [0.2, 0.25) is 0 Å². The van der Waals surface area contributed by atoms with Gasteiger partial charge in [-0.05, 0) is 78.4 Å². The summed E-state index contributed by atoms with van der Waals surface area (Å²) in [7, 11) is -2.83. The summed E-state index contributed by atoms with van der Waals surface area (Å²) in [5.41, 5.74) is 5.05. The molecule has 0 aliphatic carbocycles. The monoisotopic (exact) mass is 501 g/mol. The molecule has 1 atom stereocenters. The lowest BCUT2D eigenvalue weighted by molar-refractivity contribution is 0.276. The van der Waals surface area contributed by atoms with Crippen LogP contribution >= 0.6 is 19.6 Å². The molecular weight excluding hydrogens is 465 g/mol. The number of hydrogen-bond acceptors (Lipinski definition) is 5. The van der Waals surface area contributed by atoms with E-state index in [1.54, 1.807) is 11.3 Å². The van der Waals surface area contributed by atoms with Crippen LogP contribution in [-0.4, -0.2) is 24.7 Å². The second-order valence-corrected chi connectivity index (χ2v) is 10.6. The van der Waals surface area contributed by atoms with E-state index in [1.165, 1.54) is 21.6 Å². The van der Waals surface area contributed by atoms with Crippen molar-refractivity contribution in [2.45, 2.75) is 46.1 Å². The van der Waals surface area contributed by atoms with Crippen molar-refractivity contribution in [2.75, 3.05) is 19.8 Å². The highest BCUT2D eigenvalue weighted by molar-refractivity contribution is 7.32. The maximum atomic E-state index is 10.6. The first-order valence-corrected chi connectivity index (χ1v) is 14.1. The first-order valence-electron chi connectivity index (χ1n) is 11.9. The lowest BCUT2D eigenvalue weighted by Gasteiger charge is -2.13. The first-order chi connectivity index (χ1) is 16.5. The van der Waals surface area contributed by atoms with Gasteiger partial charge in [0.15, 0.2) is 0 Å². The quantitative estimate of drug-likeness (QED) is 0.184. The summed E-state index contributed by atoms with van der Waals surface area (Å²) in [5.74, 6) is 1.60. The van der Waals surface area contributed by atoms with E-state index in [-0.39, 0.29) is 6.61 Å². The Hall–Kier alpha value is -1.95. The molecule has 2 aromatic carbocycles. The smallest absolute Gasteiger partial charge is 0.316 e. The number of nitrogens with one attached hydrogen (secondary N) is 1. The fourth-order valence-electron chi connectivity index (χ4n) is 3.80. The molecule has 3 rings (SSSR count). The Morgan fingerprint density at radius 1 is 1.00 bits per heavy atom. The average Bonchev–Trinajstić information content (AvgIpc) is 3.35. The highest BCUT2D eigenvalue weighted by atomic mass is 32.1. The van der Waals surface area contributed by atoms with Crippen molar-refractivity contribution in [2.24, 2.45) is 5.92 Å². The van der Waals surface area contributed by atoms with Gasteiger partial charge in [-0.15, -0.1) is 11.3 Å². The van der Waals surface area contributed by atoms with E-state index in [0.29, 0.717) is 18.9 Å². The number of hydrogen-bond donors (Lipinski definition) is 2. The Morgan fingerprint density at radius 2 is 1.76 bits per heavy atom. The van der Waals surface area contributed by atoms with E-state index in [1.807, 2.05) is 0 Å². The van der Waals surface area contributed by atoms with E-state index >= 15 is 0 Å². The Balaban J connectivity index is 1.50. The van der Waals surface area contributed by atoms with Gasteiger partial charge in [0.05, 0.1) is 13.2 Å². The molecule has 0 saturated heterocycles. The van der Waals surface area contributed by atoms with E-state index in [4.69, 9.17) is 14.2 Å². The third kappa shape index (κ3) is 9.36.